The molecule has 5 rings (SSSR count). The number of hydrogen-bond donors (Lipinski definition) is 0. The second-order valence-electron chi connectivity index (χ2n) is 9.52. The summed E-state index contributed by atoms with van der Waals surface area (Å²) < 4.78 is 11.1. The molecule has 0 unspecified atom stereocenters. The molecule has 2 aromatic carbocycles. The van der Waals surface area contributed by atoms with Crippen molar-refractivity contribution in [3.63, 3.8) is 0 Å². The van der Waals surface area contributed by atoms with Gasteiger partial charge in [-0.25, -0.2) is 9.97 Å². The molecular weight excluding hydrogens is 452 g/mol. The third kappa shape index (κ3) is 5.15. The second kappa shape index (κ2) is 11.0. The fourth-order valence-corrected chi connectivity index (χ4v) is 5.22. The first kappa shape index (κ1) is 24.1. The zero-order chi connectivity index (χ0) is 24.9. The molecule has 1 aromatic heterocycles. The molecule has 2 fully saturated rings. The fraction of sp³-hybridized carbons (Fsp3) is 0.414. The highest BCUT2D eigenvalue weighted by Gasteiger charge is 2.26. The summed E-state index contributed by atoms with van der Waals surface area (Å²) in [4.78, 5) is 27.1. The number of methoxy groups -OCH3 is 2. The number of fused-ring (bicyclic) bond motifs is 1. The van der Waals surface area contributed by atoms with Gasteiger partial charge in [-0.1, -0.05) is 49.6 Å². The van der Waals surface area contributed by atoms with E-state index in [9.17, 15) is 4.79 Å². The van der Waals surface area contributed by atoms with Crippen molar-refractivity contribution in [3.05, 3.63) is 59.9 Å². The van der Waals surface area contributed by atoms with Crippen molar-refractivity contribution >= 4 is 28.7 Å². The largest absolute Gasteiger partial charge is 0.493 e. The molecule has 0 N–H and O–H groups in total. The highest BCUT2D eigenvalue weighted by Crippen LogP contribution is 2.38. The number of benzene rings is 2. The van der Waals surface area contributed by atoms with Crippen molar-refractivity contribution < 1.29 is 14.3 Å². The van der Waals surface area contributed by atoms with Gasteiger partial charge in [0, 0.05) is 49.6 Å². The van der Waals surface area contributed by atoms with Crippen molar-refractivity contribution in [3.8, 4) is 11.5 Å². The highest BCUT2D eigenvalue weighted by atomic mass is 16.5. The topological polar surface area (TPSA) is 67.8 Å². The van der Waals surface area contributed by atoms with Gasteiger partial charge < -0.3 is 19.3 Å². The van der Waals surface area contributed by atoms with Gasteiger partial charge in [-0.3, -0.25) is 4.79 Å². The van der Waals surface area contributed by atoms with E-state index in [0.29, 0.717) is 30.5 Å². The van der Waals surface area contributed by atoms with E-state index in [1.165, 1.54) is 19.3 Å². The minimum Gasteiger partial charge on any atom is -0.493 e. The average molecular weight is 487 g/mol. The van der Waals surface area contributed by atoms with Crippen LogP contribution >= 0.6 is 0 Å². The molecule has 2 aliphatic rings. The quantitative estimate of drug-likeness (QED) is 0.454. The third-order valence-corrected chi connectivity index (χ3v) is 7.28. The monoisotopic (exact) mass is 486 g/mol. The number of amides is 1. The van der Waals surface area contributed by atoms with Crippen LogP contribution in [0.2, 0.25) is 0 Å². The molecule has 3 aromatic rings. The first-order valence-electron chi connectivity index (χ1n) is 12.9. The minimum atomic E-state index is 0.0420. The number of carbonyl (C=O) groups excluding carboxylic acids is 1. The van der Waals surface area contributed by atoms with Crippen LogP contribution in [0.4, 0.5) is 5.82 Å². The predicted octanol–water partition coefficient (Wildman–Crippen LogP) is 5.06. The van der Waals surface area contributed by atoms with Gasteiger partial charge in [-0.05, 0) is 30.5 Å². The maximum absolute atomic E-state index is 12.8. The number of ether oxygens (including phenoxy) is 2. The van der Waals surface area contributed by atoms with Gasteiger partial charge in [0.2, 0.25) is 5.91 Å². The summed E-state index contributed by atoms with van der Waals surface area (Å²) in [6.45, 7) is 2.73. The Morgan fingerprint density at radius 3 is 2.31 bits per heavy atom. The van der Waals surface area contributed by atoms with Gasteiger partial charge in [0.25, 0.3) is 0 Å². The number of anilines is 1. The van der Waals surface area contributed by atoms with E-state index in [1.807, 2.05) is 53.4 Å². The number of carbonyl (C=O) groups is 1. The number of piperazine rings is 1. The predicted molar refractivity (Wildman–Crippen MR) is 143 cm³/mol. The smallest absolute Gasteiger partial charge is 0.246 e. The third-order valence-electron chi connectivity index (χ3n) is 7.28. The van der Waals surface area contributed by atoms with Gasteiger partial charge >= 0.3 is 0 Å². The Morgan fingerprint density at radius 1 is 0.917 bits per heavy atom. The van der Waals surface area contributed by atoms with Crippen molar-refractivity contribution in [1.82, 2.24) is 14.9 Å². The molecular formula is C29H34N4O3. The Bertz CT molecular complexity index is 1230. The van der Waals surface area contributed by atoms with Crippen LogP contribution in [0.15, 0.2) is 48.5 Å². The molecule has 2 heterocycles. The van der Waals surface area contributed by atoms with Gasteiger partial charge in [-0.15, -0.1) is 0 Å². The van der Waals surface area contributed by atoms with Gasteiger partial charge in [0.1, 0.15) is 11.6 Å². The van der Waals surface area contributed by atoms with E-state index >= 15 is 0 Å². The Hall–Kier alpha value is -3.61. The number of rotatable bonds is 6. The minimum absolute atomic E-state index is 0.0420. The lowest BCUT2D eigenvalue weighted by Gasteiger charge is -2.36. The van der Waals surface area contributed by atoms with Crippen molar-refractivity contribution in [2.24, 2.45) is 0 Å². The molecule has 188 valence electrons. The molecule has 7 heteroatoms. The summed E-state index contributed by atoms with van der Waals surface area (Å²) in [5.74, 6) is 3.62. The summed E-state index contributed by atoms with van der Waals surface area (Å²) in [6, 6.07) is 13.8. The van der Waals surface area contributed by atoms with Crippen LogP contribution in [0.5, 0.6) is 11.5 Å². The van der Waals surface area contributed by atoms with Gasteiger partial charge in [0.15, 0.2) is 11.5 Å². The first-order valence-corrected chi connectivity index (χ1v) is 12.9. The number of nitrogens with zero attached hydrogens (tertiary/aromatic N) is 4. The summed E-state index contributed by atoms with van der Waals surface area (Å²) >= 11 is 0. The Kier molecular flexibility index (Phi) is 7.35. The van der Waals surface area contributed by atoms with Crippen molar-refractivity contribution in [2.45, 2.75) is 38.0 Å². The summed E-state index contributed by atoms with van der Waals surface area (Å²) in [5, 5.41) is 0.955. The summed E-state index contributed by atoms with van der Waals surface area (Å²) in [7, 11) is 3.30. The molecule has 0 atom stereocenters. The molecule has 1 saturated carbocycles. The molecule has 1 aliphatic carbocycles. The van der Waals surface area contributed by atoms with E-state index in [2.05, 4.69) is 4.90 Å². The van der Waals surface area contributed by atoms with E-state index in [-0.39, 0.29) is 5.91 Å². The maximum atomic E-state index is 12.8. The van der Waals surface area contributed by atoms with Crippen LogP contribution in [-0.4, -0.2) is 61.2 Å². The zero-order valence-corrected chi connectivity index (χ0v) is 21.2. The lowest BCUT2D eigenvalue weighted by Crippen LogP contribution is -2.48. The number of aromatic nitrogens is 2. The van der Waals surface area contributed by atoms with Crippen LogP contribution in [0.3, 0.4) is 0 Å². The highest BCUT2D eigenvalue weighted by molar-refractivity contribution is 5.93. The second-order valence-corrected chi connectivity index (χ2v) is 9.52. The molecule has 1 amide bonds. The van der Waals surface area contributed by atoms with Gasteiger partial charge in [0.05, 0.1) is 19.7 Å². The van der Waals surface area contributed by atoms with E-state index < -0.39 is 0 Å². The zero-order valence-electron chi connectivity index (χ0n) is 21.2. The van der Waals surface area contributed by atoms with E-state index in [4.69, 9.17) is 19.4 Å². The molecule has 1 aliphatic heterocycles. The summed E-state index contributed by atoms with van der Waals surface area (Å²) in [6.07, 6.45) is 9.56. The molecule has 0 spiro atoms. The van der Waals surface area contributed by atoms with Crippen LogP contribution in [0.1, 0.15) is 49.4 Å². The van der Waals surface area contributed by atoms with E-state index in [1.54, 1.807) is 20.3 Å². The molecule has 7 nitrogen and oxygen atoms in total. The lowest BCUT2D eigenvalue weighted by molar-refractivity contribution is -0.126. The fourth-order valence-electron chi connectivity index (χ4n) is 5.22. The lowest BCUT2D eigenvalue weighted by atomic mass is 9.88. The molecule has 0 radical (unpaired) electrons. The molecule has 36 heavy (non-hydrogen) atoms. The van der Waals surface area contributed by atoms with Crippen molar-refractivity contribution in [2.75, 3.05) is 45.3 Å². The molecule has 0 bridgehead atoms. The Balaban J connectivity index is 1.40. The van der Waals surface area contributed by atoms with Crippen LogP contribution in [0, 0.1) is 0 Å². The SMILES string of the molecule is COc1cc2nc(C3CCCCC3)nc(N3CCN(C(=O)C=Cc4ccccc4)CC3)c2cc1OC. The van der Waals surface area contributed by atoms with Crippen LogP contribution in [0.25, 0.3) is 17.0 Å². The maximum Gasteiger partial charge on any atom is 0.246 e. The van der Waals surface area contributed by atoms with E-state index in [0.717, 1.165) is 54.0 Å². The number of hydrogen-bond acceptors (Lipinski definition) is 6. The Morgan fingerprint density at radius 2 is 1.61 bits per heavy atom. The molecule has 1 saturated heterocycles. The summed E-state index contributed by atoms with van der Waals surface area (Å²) in [5.41, 5.74) is 1.90. The van der Waals surface area contributed by atoms with Gasteiger partial charge in [-0.2, -0.15) is 0 Å². The average Bonchev–Trinajstić information content (AvgIpc) is 2.95. The Labute approximate surface area is 212 Å². The first-order chi connectivity index (χ1) is 17.7. The van der Waals surface area contributed by atoms with Crippen LogP contribution < -0.4 is 14.4 Å². The standard InChI is InChI=1S/C29H34N4O3/c1-35-25-19-23-24(20-26(25)36-2)30-28(22-11-7-4-8-12-22)31-29(23)33-17-15-32(16-18-33)27(34)14-13-21-9-5-3-6-10-21/h3,5-6,9-10,13-14,19-20,22H,4,7-8,11-12,15-18H2,1-2H3. The van der Waals surface area contributed by atoms with Crippen LogP contribution in [-0.2, 0) is 4.79 Å². The van der Waals surface area contributed by atoms with Crippen molar-refractivity contribution in [1.29, 1.82) is 0 Å². The normalized spacial score (nSPS) is 17.1.